The average molecular weight is 370 g/mol. The number of methoxy groups -OCH3 is 1. The summed E-state index contributed by atoms with van der Waals surface area (Å²) < 4.78 is 17.0. The molecule has 1 atom stereocenters. The summed E-state index contributed by atoms with van der Waals surface area (Å²) in [6.07, 6.45) is 4.45. The van der Waals surface area contributed by atoms with Gasteiger partial charge in [-0.05, 0) is 56.9 Å². The normalized spacial score (nSPS) is 23.0. The van der Waals surface area contributed by atoms with Gasteiger partial charge in [0.05, 0.1) is 19.3 Å². The van der Waals surface area contributed by atoms with Gasteiger partial charge < -0.3 is 18.8 Å². The molecule has 0 aliphatic carbocycles. The molecule has 2 fully saturated rings. The van der Waals surface area contributed by atoms with E-state index in [2.05, 4.69) is 4.98 Å². The van der Waals surface area contributed by atoms with E-state index < -0.39 is 0 Å². The Hall–Kier alpha value is -2.34. The lowest BCUT2D eigenvalue weighted by atomic mass is 9.92. The first-order valence-corrected chi connectivity index (χ1v) is 9.61. The van der Waals surface area contributed by atoms with Crippen LogP contribution in [0.4, 0.5) is 0 Å². The van der Waals surface area contributed by atoms with Crippen molar-refractivity contribution in [2.24, 2.45) is 0 Å². The number of benzene rings is 1. The van der Waals surface area contributed by atoms with Crippen molar-refractivity contribution in [1.82, 2.24) is 9.88 Å². The maximum Gasteiger partial charge on any atom is 0.226 e. The van der Waals surface area contributed by atoms with Crippen LogP contribution in [0.3, 0.4) is 0 Å². The summed E-state index contributed by atoms with van der Waals surface area (Å²) in [7, 11) is 1.64. The van der Waals surface area contributed by atoms with E-state index in [-0.39, 0.29) is 11.5 Å². The van der Waals surface area contributed by atoms with E-state index in [0.29, 0.717) is 25.4 Å². The molecule has 6 nitrogen and oxygen atoms in total. The Morgan fingerprint density at radius 1 is 1.22 bits per heavy atom. The van der Waals surface area contributed by atoms with Gasteiger partial charge in [0.25, 0.3) is 0 Å². The number of amides is 1. The lowest BCUT2D eigenvalue weighted by Gasteiger charge is -2.26. The van der Waals surface area contributed by atoms with Crippen LogP contribution >= 0.6 is 0 Å². The Morgan fingerprint density at radius 2 is 2.04 bits per heavy atom. The van der Waals surface area contributed by atoms with Crippen LogP contribution < -0.4 is 4.74 Å². The van der Waals surface area contributed by atoms with E-state index in [1.807, 2.05) is 36.1 Å². The maximum absolute atomic E-state index is 12.6. The fraction of sp³-hybridized carbons (Fsp3) is 0.524. The summed E-state index contributed by atoms with van der Waals surface area (Å²) in [5.41, 5.74) is 1.63. The molecule has 6 heteroatoms. The molecule has 144 valence electrons. The predicted molar refractivity (Wildman–Crippen MR) is 100 cm³/mol. The zero-order chi connectivity index (χ0) is 18.9. The molecule has 2 saturated heterocycles. The molecule has 2 aromatic rings. The van der Waals surface area contributed by atoms with Gasteiger partial charge in [-0.2, -0.15) is 0 Å². The summed E-state index contributed by atoms with van der Waals surface area (Å²) in [6, 6.07) is 7.61. The Morgan fingerprint density at radius 3 is 2.74 bits per heavy atom. The van der Waals surface area contributed by atoms with Crippen molar-refractivity contribution in [3.8, 4) is 17.2 Å². The SMILES string of the molecule is COc1ccc(-c2nc(CN3CC[C@]4(CCCO4)CCC3=O)c(C)o2)cc1. The molecule has 2 aliphatic rings. The number of rotatable bonds is 4. The van der Waals surface area contributed by atoms with Crippen molar-refractivity contribution in [3.05, 3.63) is 35.7 Å². The fourth-order valence-electron chi connectivity index (χ4n) is 4.01. The van der Waals surface area contributed by atoms with E-state index in [4.69, 9.17) is 13.9 Å². The van der Waals surface area contributed by atoms with Gasteiger partial charge in [-0.3, -0.25) is 4.79 Å². The molecule has 1 aromatic heterocycles. The van der Waals surface area contributed by atoms with Crippen LogP contribution in [0, 0.1) is 6.92 Å². The van der Waals surface area contributed by atoms with Crippen LogP contribution in [-0.2, 0) is 16.1 Å². The topological polar surface area (TPSA) is 64.8 Å². The third-order valence-electron chi connectivity index (χ3n) is 5.74. The third kappa shape index (κ3) is 3.72. The predicted octanol–water partition coefficient (Wildman–Crippen LogP) is 3.72. The smallest absolute Gasteiger partial charge is 0.226 e. The van der Waals surface area contributed by atoms with Gasteiger partial charge in [0.15, 0.2) is 0 Å². The molecule has 1 aromatic carbocycles. The van der Waals surface area contributed by atoms with Gasteiger partial charge in [-0.1, -0.05) is 0 Å². The highest BCUT2D eigenvalue weighted by molar-refractivity contribution is 5.76. The monoisotopic (exact) mass is 370 g/mol. The number of aryl methyl sites for hydroxylation is 1. The van der Waals surface area contributed by atoms with Crippen LogP contribution in [0.2, 0.25) is 0 Å². The molecular formula is C21H26N2O4. The number of oxazole rings is 1. The molecule has 0 radical (unpaired) electrons. The molecule has 1 amide bonds. The number of carbonyl (C=O) groups excluding carboxylic acids is 1. The highest BCUT2D eigenvalue weighted by Crippen LogP contribution is 2.36. The lowest BCUT2D eigenvalue weighted by Crippen LogP contribution is -2.32. The van der Waals surface area contributed by atoms with Crippen molar-refractivity contribution in [2.75, 3.05) is 20.3 Å². The second-order valence-electron chi connectivity index (χ2n) is 7.45. The summed E-state index contributed by atoms with van der Waals surface area (Å²) >= 11 is 0. The molecular weight excluding hydrogens is 344 g/mol. The number of carbonyl (C=O) groups is 1. The highest BCUT2D eigenvalue weighted by atomic mass is 16.5. The highest BCUT2D eigenvalue weighted by Gasteiger charge is 2.38. The molecule has 3 heterocycles. The second-order valence-corrected chi connectivity index (χ2v) is 7.45. The van der Waals surface area contributed by atoms with Crippen molar-refractivity contribution in [2.45, 2.75) is 51.2 Å². The quantitative estimate of drug-likeness (QED) is 0.821. The van der Waals surface area contributed by atoms with E-state index in [1.54, 1.807) is 7.11 Å². The van der Waals surface area contributed by atoms with E-state index in [1.165, 1.54) is 0 Å². The molecule has 0 bridgehead atoms. The molecule has 27 heavy (non-hydrogen) atoms. The van der Waals surface area contributed by atoms with Gasteiger partial charge in [-0.25, -0.2) is 4.98 Å². The zero-order valence-electron chi connectivity index (χ0n) is 16.0. The standard InChI is InChI=1S/C21H26N2O4/c1-15-18(22-20(27-15)16-4-6-17(25-2)7-5-16)14-23-12-11-21(9-3-13-26-21)10-8-19(23)24/h4-7H,3,8-14H2,1-2H3/t21-/m0/s1. The number of hydrogen-bond donors (Lipinski definition) is 0. The van der Waals surface area contributed by atoms with E-state index in [0.717, 1.165) is 55.1 Å². The number of ether oxygens (including phenoxy) is 2. The second kappa shape index (κ2) is 7.35. The summed E-state index contributed by atoms with van der Waals surface area (Å²) in [6.45, 7) is 3.92. The van der Waals surface area contributed by atoms with Crippen LogP contribution in [0.15, 0.2) is 28.7 Å². The van der Waals surface area contributed by atoms with Gasteiger partial charge in [-0.15, -0.1) is 0 Å². The Kier molecular flexibility index (Phi) is 4.91. The van der Waals surface area contributed by atoms with Gasteiger partial charge in [0, 0.05) is 25.1 Å². The van der Waals surface area contributed by atoms with Crippen molar-refractivity contribution in [3.63, 3.8) is 0 Å². The number of hydrogen-bond acceptors (Lipinski definition) is 5. The van der Waals surface area contributed by atoms with Crippen LogP contribution in [0.25, 0.3) is 11.5 Å². The minimum absolute atomic E-state index is 0.0858. The fourth-order valence-corrected chi connectivity index (χ4v) is 4.01. The van der Waals surface area contributed by atoms with Crippen LogP contribution in [0.5, 0.6) is 5.75 Å². The van der Waals surface area contributed by atoms with Crippen molar-refractivity contribution < 1.29 is 18.7 Å². The molecule has 1 spiro atoms. The van der Waals surface area contributed by atoms with Gasteiger partial charge in [0.1, 0.15) is 17.2 Å². The molecule has 0 N–H and O–H groups in total. The first-order valence-electron chi connectivity index (χ1n) is 9.61. The molecule has 0 unspecified atom stereocenters. The summed E-state index contributed by atoms with van der Waals surface area (Å²) in [5.74, 6) is 2.30. The van der Waals surface area contributed by atoms with E-state index in [9.17, 15) is 4.79 Å². The summed E-state index contributed by atoms with van der Waals surface area (Å²) in [5, 5.41) is 0. The molecule has 4 rings (SSSR count). The molecule has 0 saturated carbocycles. The third-order valence-corrected chi connectivity index (χ3v) is 5.74. The van der Waals surface area contributed by atoms with Crippen LogP contribution in [0.1, 0.15) is 43.6 Å². The van der Waals surface area contributed by atoms with Gasteiger partial charge >= 0.3 is 0 Å². The number of aromatic nitrogens is 1. The Bertz CT molecular complexity index is 806. The largest absolute Gasteiger partial charge is 0.497 e. The number of nitrogens with zero attached hydrogens (tertiary/aromatic N) is 2. The Labute approximate surface area is 159 Å². The average Bonchev–Trinajstić information content (AvgIpc) is 3.26. The maximum atomic E-state index is 12.6. The van der Waals surface area contributed by atoms with Crippen molar-refractivity contribution in [1.29, 1.82) is 0 Å². The number of likely N-dealkylation sites (tertiary alicyclic amines) is 1. The first-order chi connectivity index (χ1) is 13.1. The minimum Gasteiger partial charge on any atom is -0.497 e. The Balaban J connectivity index is 1.48. The van der Waals surface area contributed by atoms with Gasteiger partial charge in [0.2, 0.25) is 11.8 Å². The lowest BCUT2D eigenvalue weighted by molar-refractivity contribution is -0.131. The molecule has 2 aliphatic heterocycles. The van der Waals surface area contributed by atoms with Crippen LogP contribution in [-0.4, -0.2) is 41.7 Å². The minimum atomic E-state index is -0.0858. The van der Waals surface area contributed by atoms with Crippen molar-refractivity contribution >= 4 is 5.91 Å². The summed E-state index contributed by atoms with van der Waals surface area (Å²) in [4.78, 5) is 19.2. The van der Waals surface area contributed by atoms with E-state index >= 15 is 0 Å². The first kappa shape index (κ1) is 18.0. The zero-order valence-corrected chi connectivity index (χ0v) is 16.0.